The van der Waals surface area contributed by atoms with Crippen molar-refractivity contribution in [2.75, 3.05) is 7.05 Å². The van der Waals surface area contributed by atoms with E-state index < -0.39 is 0 Å². The molecule has 0 spiro atoms. The van der Waals surface area contributed by atoms with Gasteiger partial charge in [-0.2, -0.15) is 5.10 Å². The third-order valence-corrected chi connectivity index (χ3v) is 3.31. The highest BCUT2D eigenvalue weighted by atomic mass is 79.9. The number of hydrogen-bond donors (Lipinski definition) is 1. The Kier molecular flexibility index (Phi) is 3.91. The van der Waals surface area contributed by atoms with Crippen molar-refractivity contribution in [1.82, 2.24) is 15.1 Å². The Morgan fingerprint density at radius 2 is 2.24 bits per heavy atom. The van der Waals surface area contributed by atoms with Crippen LogP contribution < -0.4 is 5.32 Å². The molecular weight excluding hydrogens is 285 g/mol. The van der Waals surface area contributed by atoms with E-state index in [0.29, 0.717) is 11.0 Å². The summed E-state index contributed by atoms with van der Waals surface area (Å²) in [6.07, 6.45) is 1.89. The summed E-state index contributed by atoms with van der Waals surface area (Å²) < 4.78 is 15.6. The van der Waals surface area contributed by atoms with Gasteiger partial charge in [0, 0.05) is 12.7 Å². The molecule has 0 bridgehead atoms. The zero-order valence-electron chi connectivity index (χ0n) is 9.45. The quantitative estimate of drug-likeness (QED) is 0.940. The molecule has 17 heavy (non-hydrogen) atoms. The monoisotopic (exact) mass is 297 g/mol. The molecule has 2 aromatic rings. The van der Waals surface area contributed by atoms with Gasteiger partial charge in [-0.25, -0.2) is 4.39 Å². The van der Waals surface area contributed by atoms with E-state index in [1.165, 1.54) is 6.07 Å². The Balaban J connectivity index is 2.16. The topological polar surface area (TPSA) is 29.9 Å². The fourth-order valence-electron chi connectivity index (χ4n) is 1.61. The van der Waals surface area contributed by atoms with Crippen LogP contribution in [0.15, 0.2) is 34.9 Å². The van der Waals surface area contributed by atoms with Crippen molar-refractivity contribution in [1.29, 1.82) is 0 Å². The molecule has 1 N–H and O–H groups in total. The summed E-state index contributed by atoms with van der Waals surface area (Å²) in [7, 11) is 1.88. The molecule has 0 atom stereocenters. The predicted octanol–water partition coefficient (Wildman–Crippen LogP) is 2.55. The van der Waals surface area contributed by atoms with Crippen LogP contribution in [0, 0.1) is 5.82 Å². The molecule has 0 aliphatic rings. The SMILES string of the molecule is CNCc1ccn(Cc2cccc(F)c2Br)n1. The van der Waals surface area contributed by atoms with Gasteiger partial charge in [0.1, 0.15) is 5.82 Å². The van der Waals surface area contributed by atoms with E-state index in [2.05, 4.69) is 26.3 Å². The summed E-state index contributed by atoms with van der Waals surface area (Å²) >= 11 is 3.25. The maximum atomic E-state index is 13.3. The first kappa shape index (κ1) is 12.3. The van der Waals surface area contributed by atoms with Crippen LogP contribution in [-0.4, -0.2) is 16.8 Å². The van der Waals surface area contributed by atoms with Crippen molar-refractivity contribution >= 4 is 15.9 Å². The van der Waals surface area contributed by atoms with Gasteiger partial charge in [-0.3, -0.25) is 4.68 Å². The fraction of sp³-hybridized carbons (Fsp3) is 0.250. The Morgan fingerprint density at radius 1 is 1.41 bits per heavy atom. The molecule has 90 valence electrons. The number of benzene rings is 1. The molecule has 0 aliphatic heterocycles. The molecule has 1 heterocycles. The van der Waals surface area contributed by atoms with Crippen molar-refractivity contribution in [2.24, 2.45) is 0 Å². The van der Waals surface area contributed by atoms with Crippen molar-refractivity contribution in [3.8, 4) is 0 Å². The van der Waals surface area contributed by atoms with E-state index in [4.69, 9.17) is 0 Å². The average Bonchev–Trinajstić information content (AvgIpc) is 2.73. The van der Waals surface area contributed by atoms with Crippen LogP contribution in [0.2, 0.25) is 0 Å². The number of hydrogen-bond acceptors (Lipinski definition) is 2. The summed E-state index contributed by atoms with van der Waals surface area (Å²) in [5, 5.41) is 7.41. The van der Waals surface area contributed by atoms with Crippen LogP contribution in [0.5, 0.6) is 0 Å². The van der Waals surface area contributed by atoms with Gasteiger partial charge in [-0.1, -0.05) is 12.1 Å². The highest BCUT2D eigenvalue weighted by Crippen LogP contribution is 2.21. The van der Waals surface area contributed by atoms with E-state index in [1.807, 2.05) is 25.4 Å². The summed E-state index contributed by atoms with van der Waals surface area (Å²) in [5.74, 6) is -0.245. The van der Waals surface area contributed by atoms with Gasteiger partial charge in [0.2, 0.25) is 0 Å². The number of rotatable bonds is 4. The molecule has 1 aromatic heterocycles. The molecule has 0 amide bonds. The number of aromatic nitrogens is 2. The second-order valence-corrected chi connectivity index (χ2v) is 4.54. The van der Waals surface area contributed by atoms with E-state index in [-0.39, 0.29) is 5.82 Å². The molecule has 0 aliphatic carbocycles. The Hall–Kier alpha value is -1.20. The highest BCUT2D eigenvalue weighted by molar-refractivity contribution is 9.10. The van der Waals surface area contributed by atoms with E-state index >= 15 is 0 Å². The number of nitrogens with one attached hydrogen (secondary N) is 1. The molecule has 0 saturated heterocycles. The zero-order valence-corrected chi connectivity index (χ0v) is 11.0. The van der Waals surface area contributed by atoms with E-state index in [9.17, 15) is 4.39 Å². The van der Waals surface area contributed by atoms with E-state index in [1.54, 1.807) is 10.7 Å². The lowest BCUT2D eigenvalue weighted by Crippen LogP contribution is -2.07. The van der Waals surface area contributed by atoms with Crippen LogP contribution in [0.25, 0.3) is 0 Å². The highest BCUT2D eigenvalue weighted by Gasteiger charge is 2.06. The van der Waals surface area contributed by atoms with Crippen LogP contribution in [-0.2, 0) is 13.1 Å². The van der Waals surface area contributed by atoms with Crippen LogP contribution in [0.4, 0.5) is 4.39 Å². The lowest BCUT2D eigenvalue weighted by atomic mass is 10.2. The summed E-state index contributed by atoms with van der Waals surface area (Å²) in [6.45, 7) is 1.29. The smallest absolute Gasteiger partial charge is 0.137 e. The number of halogens is 2. The molecule has 0 saturated carbocycles. The standard InChI is InChI=1S/C12H13BrFN3/c1-15-7-10-5-6-17(16-10)8-9-3-2-4-11(14)12(9)13/h2-6,15H,7-8H2,1H3. The minimum atomic E-state index is -0.245. The third kappa shape index (κ3) is 2.92. The molecule has 3 nitrogen and oxygen atoms in total. The molecule has 0 radical (unpaired) electrons. The minimum absolute atomic E-state index is 0.245. The Morgan fingerprint density at radius 3 is 3.00 bits per heavy atom. The molecule has 5 heteroatoms. The third-order valence-electron chi connectivity index (χ3n) is 2.42. The summed E-state index contributed by atoms with van der Waals surface area (Å²) in [5.41, 5.74) is 1.85. The van der Waals surface area contributed by atoms with Crippen molar-refractivity contribution in [3.63, 3.8) is 0 Å². The molecule has 0 unspecified atom stereocenters. The lowest BCUT2D eigenvalue weighted by molar-refractivity contribution is 0.609. The second-order valence-electron chi connectivity index (χ2n) is 3.75. The van der Waals surface area contributed by atoms with Crippen LogP contribution >= 0.6 is 15.9 Å². The maximum absolute atomic E-state index is 13.3. The zero-order chi connectivity index (χ0) is 12.3. The van der Waals surface area contributed by atoms with Crippen molar-refractivity contribution in [2.45, 2.75) is 13.1 Å². The van der Waals surface area contributed by atoms with Gasteiger partial charge in [-0.05, 0) is 40.7 Å². The molecular formula is C12H13BrFN3. The largest absolute Gasteiger partial charge is 0.314 e. The molecule has 2 rings (SSSR count). The normalized spacial score (nSPS) is 10.8. The van der Waals surface area contributed by atoms with Crippen molar-refractivity contribution < 1.29 is 4.39 Å². The minimum Gasteiger partial charge on any atom is -0.314 e. The van der Waals surface area contributed by atoms with Gasteiger partial charge in [0.15, 0.2) is 0 Å². The van der Waals surface area contributed by atoms with E-state index in [0.717, 1.165) is 17.8 Å². The summed E-state index contributed by atoms with van der Waals surface area (Å²) in [4.78, 5) is 0. The van der Waals surface area contributed by atoms with Gasteiger partial charge < -0.3 is 5.32 Å². The predicted molar refractivity (Wildman–Crippen MR) is 68.2 cm³/mol. The molecule has 0 fully saturated rings. The first-order valence-electron chi connectivity index (χ1n) is 5.30. The fourth-order valence-corrected chi connectivity index (χ4v) is 2.00. The number of nitrogens with zero attached hydrogens (tertiary/aromatic N) is 2. The van der Waals surface area contributed by atoms with Gasteiger partial charge in [0.25, 0.3) is 0 Å². The van der Waals surface area contributed by atoms with Gasteiger partial charge >= 0.3 is 0 Å². The van der Waals surface area contributed by atoms with Gasteiger partial charge in [0.05, 0.1) is 16.7 Å². The maximum Gasteiger partial charge on any atom is 0.137 e. The van der Waals surface area contributed by atoms with Crippen LogP contribution in [0.3, 0.4) is 0 Å². The lowest BCUT2D eigenvalue weighted by Gasteiger charge is -2.05. The Labute approximate surface area is 108 Å². The van der Waals surface area contributed by atoms with Crippen LogP contribution in [0.1, 0.15) is 11.3 Å². The van der Waals surface area contributed by atoms with Crippen molar-refractivity contribution in [3.05, 3.63) is 52.0 Å². The molecule has 1 aromatic carbocycles. The average molecular weight is 298 g/mol. The summed E-state index contributed by atoms with van der Waals surface area (Å²) in [6, 6.07) is 6.97. The Bertz CT molecular complexity index is 510. The van der Waals surface area contributed by atoms with Gasteiger partial charge in [-0.15, -0.1) is 0 Å². The first-order valence-corrected chi connectivity index (χ1v) is 6.10. The second kappa shape index (κ2) is 5.42. The first-order chi connectivity index (χ1) is 8.20.